The second-order valence-electron chi connectivity index (χ2n) is 2.95. The summed E-state index contributed by atoms with van der Waals surface area (Å²) in [6.45, 7) is 0. The maximum Gasteiger partial charge on any atom is 0.130 e. The van der Waals surface area contributed by atoms with Crippen molar-refractivity contribution in [3.63, 3.8) is 0 Å². The summed E-state index contributed by atoms with van der Waals surface area (Å²) in [7, 11) is 0. The van der Waals surface area contributed by atoms with Gasteiger partial charge in [-0.25, -0.2) is 0 Å². The molecule has 2 aromatic carbocycles. The van der Waals surface area contributed by atoms with E-state index in [1.54, 1.807) is 24.3 Å². The molecule has 4 heteroatoms. The van der Waals surface area contributed by atoms with Gasteiger partial charge in [-0.2, -0.15) is 0 Å². The van der Waals surface area contributed by atoms with Crippen LogP contribution >= 0.6 is 31.9 Å². The molecule has 2 nitrogen and oxygen atoms in total. The van der Waals surface area contributed by atoms with E-state index < -0.39 is 0 Å². The Morgan fingerprint density at radius 1 is 0.714 bits per heavy atom. The molecule has 0 saturated carbocycles. The largest absolute Gasteiger partial charge is 0.507 e. The standard InChI is InChI=1S/C10H6Br2O2/c11-7-1-5-2-8(12)10(14)4-6(5)3-9(7)13/h1-4,13-14H. The third kappa shape index (κ3) is 1.60. The molecule has 72 valence electrons. The fourth-order valence-corrected chi connectivity index (χ4v) is 1.99. The van der Waals surface area contributed by atoms with Crippen LogP contribution in [0.3, 0.4) is 0 Å². The van der Waals surface area contributed by atoms with E-state index in [-0.39, 0.29) is 11.5 Å². The Balaban J connectivity index is 2.83. The average molecular weight is 318 g/mol. The normalized spacial score (nSPS) is 10.7. The van der Waals surface area contributed by atoms with Gasteiger partial charge in [-0.15, -0.1) is 0 Å². The summed E-state index contributed by atoms with van der Waals surface area (Å²) < 4.78 is 1.28. The number of aromatic hydroxyl groups is 2. The number of fused-ring (bicyclic) bond motifs is 1. The first kappa shape index (κ1) is 9.80. The van der Waals surface area contributed by atoms with Crippen LogP contribution in [-0.2, 0) is 0 Å². The number of benzene rings is 2. The summed E-state index contributed by atoms with van der Waals surface area (Å²) >= 11 is 6.46. The first-order valence-electron chi connectivity index (χ1n) is 3.88. The van der Waals surface area contributed by atoms with Gasteiger partial charge in [-0.3, -0.25) is 0 Å². The first-order chi connectivity index (χ1) is 6.58. The molecule has 0 fully saturated rings. The van der Waals surface area contributed by atoms with Crippen molar-refractivity contribution < 1.29 is 10.2 Å². The van der Waals surface area contributed by atoms with E-state index >= 15 is 0 Å². The van der Waals surface area contributed by atoms with Crippen molar-refractivity contribution in [2.75, 3.05) is 0 Å². The second kappa shape index (κ2) is 3.44. The van der Waals surface area contributed by atoms with Crippen LogP contribution in [0.2, 0.25) is 0 Å². The molecule has 0 aromatic heterocycles. The summed E-state index contributed by atoms with van der Waals surface area (Å²) in [4.78, 5) is 0. The topological polar surface area (TPSA) is 40.5 Å². The van der Waals surface area contributed by atoms with Gasteiger partial charge < -0.3 is 10.2 Å². The molecule has 2 rings (SSSR count). The minimum Gasteiger partial charge on any atom is -0.507 e. The summed E-state index contributed by atoms with van der Waals surface area (Å²) in [6, 6.07) is 6.81. The molecule has 14 heavy (non-hydrogen) atoms. The van der Waals surface area contributed by atoms with Crippen LogP contribution in [0.1, 0.15) is 0 Å². The van der Waals surface area contributed by atoms with Crippen LogP contribution in [0.5, 0.6) is 11.5 Å². The van der Waals surface area contributed by atoms with Gasteiger partial charge in [-0.1, -0.05) is 0 Å². The minimum absolute atomic E-state index is 0.166. The van der Waals surface area contributed by atoms with Gasteiger partial charge in [0.25, 0.3) is 0 Å². The van der Waals surface area contributed by atoms with E-state index in [0.717, 1.165) is 10.8 Å². The molecule has 0 heterocycles. The third-order valence-corrected chi connectivity index (χ3v) is 3.24. The summed E-state index contributed by atoms with van der Waals surface area (Å²) in [5, 5.41) is 20.6. The summed E-state index contributed by atoms with van der Waals surface area (Å²) in [5.41, 5.74) is 0. The fourth-order valence-electron chi connectivity index (χ4n) is 1.27. The molecule has 2 aromatic rings. The Hall–Kier alpha value is -0.740. The highest BCUT2D eigenvalue weighted by Crippen LogP contribution is 2.34. The molecule has 0 unspecified atom stereocenters. The molecule has 0 aliphatic heterocycles. The Bertz CT molecular complexity index is 420. The molecule has 0 aliphatic carbocycles. The van der Waals surface area contributed by atoms with E-state index in [9.17, 15) is 10.2 Å². The molecule has 0 atom stereocenters. The van der Waals surface area contributed by atoms with E-state index in [4.69, 9.17) is 0 Å². The molecule has 0 amide bonds. The molecule has 0 radical (unpaired) electrons. The van der Waals surface area contributed by atoms with E-state index in [2.05, 4.69) is 31.9 Å². The molecule has 0 bridgehead atoms. The van der Waals surface area contributed by atoms with Gasteiger partial charge >= 0.3 is 0 Å². The van der Waals surface area contributed by atoms with Crippen molar-refractivity contribution in [2.45, 2.75) is 0 Å². The lowest BCUT2D eigenvalue weighted by atomic mass is 10.1. The van der Waals surface area contributed by atoms with Crippen molar-refractivity contribution in [3.05, 3.63) is 33.2 Å². The lowest BCUT2D eigenvalue weighted by Gasteiger charge is -2.03. The fraction of sp³-hybridized carbons (Fsp3) is 0. The highest BCUT2D eigenvalue weighted by molar-refractivity contribution is 9.11. The van der Waals surface area contributed by atoms with E-state index in [1.807, 2.05) is 0 Å². The number of phenolic OH excluding ortho intramolecular Hbond substituents is 2. The lowest BCUT2D eigenvalue weighted by molar-refractivity contribution is 0.471. The maximum atomic E-state index is 9.44. The molecular weight excluding hydrogens is 312 g/mol. The SMILES string of the molecule is Oc1cc2cc(O)c(Br)cc2cc1Br. The minimum atomic E-state index is 0.166. The second-order valence-corrected chi connectivity index (χ2v) is 4.66. The molecule has 2 N–H and O–H groups in total. The van der Waals surface area contributed by atoms with Gasteiger partial charge in [0, 0.05) is 0 Å². The number of hydrogen-bond donors (Lipinski definition) is 2. The first-order valence-corrected chi connectivity index (χ1v) is 5.47. The third-order valence-electron chi connectivity index (χ3n) is 1.97. The maximum absolute atomic E-state index is 9.44. The number of hydrogen-bond acceptors (Lipinski definition) is 2. The Morgan fingerprint density at radius 2 is 1.07 bits per heavy atom. The van der Waals surface area contributed by atoms with Crippen LogP contribution in [0.15, 0.2) is 33.2 Å². The molecular formula is C10H6Br2O2. The van der Waals surface area contributed by atoms with Gasteiger partial charge in [-0.05, 0) is 66.9 Å². The van der Waals surface area contributed by atoms with Gasteiger partial charge in [0.2, 0.25) is 0 Å². The quantitative estimate of drug-likeness (QED) is 0.776. The molecule has 0 spiro atoms. The lowest BCUT2D eigenvalue weighted by Crippen LogP contribution is -1.76. The smallest absolute Gasteiger partial charge is 0.130 e. The zero-order valence-corrected chi connectivity index (χ0v) is 10.1. The van der Waals surface area contributed by atoms with Crippen molar-refractivity contribution in [2.24, 2.45) is 0 Å². The predicted molar refractivity (Wildman–Crippen MR) is 62.7 cm³/mol. The molecule has 0 aliphatic rings. The molecule has 0 saturated heterocycles. The van der Waals surface area contributed by atoms with Crippen molar-refractivity contribution in [1.29, 1.82) is 0 Å². The van der Waals surface area contributed by atoms with Crippen LogP contribution < -0.4 is 0 Å². The van der Waals surface area contributed by atoms with Crippen molar-refractivity contribution in [1.82, 2.24) is 0 Å². The van der Waals surface area contributed by atoms with Crippen molar-refractivity contribution >= 4 is 42.6 Å². The van der Waals surface area contributed by atoms with Gasteiger partial charge in [0.1, 0.15) is 11.5 Å². The zero-order chi connectivity index (χ0) is 10.3. The van der Waals surface area contributed by atoms with Crippen LogP contribution in [0.25, 0.3) is 10.8 Å². The summed E-state index contributed by atoms with van der Waals surface area (Å²) in [5.74, 6) is 0.332. The average Bonchev–Trinajstić information content (AvgIpc) is 2.11. The highest BCUT2D eigenvalue weighted by Gasteiger charge is 2.04. The highest BCUT2D eigenvalue weighted by atomic mass is 79.9. The number of rotatable bonds is 0. The van der Waals surface area contributed by atoms with Crippen LogP contribution in [0, 0.1) is 0 Å². The van der Waals surface area contributed by atoms with Crippen LogP contribution in [0.4, 0.5) is 0 Å². The monoisotopic (exact) mass is 316 g/mol. The van der Waals surface area contributed by atoms with Gasteiger partial charge in [0.05, 0.1) is 8.95 Å². The Morgan fingerprint density at radius 3 is 1.50 bits per heavy atom. The zero-order valence-electron chi connectivity index (χ0n) is 6.96. The number of halogens is 2. The van der Waals surface area contributed by atoms with Gasteiger partial charge in [0.15, 0.2) is 0 Å². The van der Waals surface area contributed by atoms with Crippen molar-refractivity contribution in [3.8, 4) is 11.5 Å². The van der Waals surface area contributed by atoms with E-state index in [0.29, 0.717) is 8.95 Å². The summed E-state index contributed by atoms with van der Waals surface area (Å²) in [6.07, 6.45) is 0. The Labute approximate surface area is 97.4 Å². The van der Waals surface area contributed by atoms with Crippen LogP contribution in [-0.4, -0.2) is 10.2 Å². The number of phenols is 2. The van der Waals surface area contributed by atoms with E-state index in [1.165, 1.54) is 0 Å². The Kier molecular flexibility index (Phi) is 2.41. The predicted octanol–water partition coefficient (Wildman–Crippen LogP) is 3.78.